The summed E-state index contributed by atoms with van der Waals surface area (Å²) in [6, 6.07) is 3.90. The Labute approximate surface area is 83.0 Å². The lowest BCUT2D eigenvalue weighted by atomic mass is 9.95. The molecule has 0 aliphatic carbocycles. The highest BCUT2D eigenvalue weighted by Crippen LogP contribution is 2.29. The molecule has 1 rings (SSSR count). The monoisotopic (exact) mass is 197 g/mol. The predicted octanol–water partition coefficient (Wildman–Crippen LogP) is 2.41. The van der Waals surface area contributed by atoms with Crippen molar-refractivity contribution in [2.45, 2.75) is 26.2 Å². The molecule has 0 aromatic carbocycles. The van der Waals surface area contributed by atoms with E-state index in [1.165, 1.54) is 4.88 Å². The zero-order chi connectivity index (χ0) is 10.1. The van der Waals surface area contributed by atoms with Crippen molar-refractivity contribution in [1.82, 2.24) is 5.32 Å². The molecule has 0 fully saturated rings. The van der Waals surface area contributed by atoms with Crippen LogP contribution in [-0.2, 0) is 5.41 Å². The molecule has 72 valence electrons. The fourth-order valence-corrected chi connectivity index (χ4v) is 2.00. The summed E-state index contributed by atoms with van der Waals surface area (Å²) in [6.45, 7) is 6.44. The van der Waals surface area contributed by atoms with Crippen LogP contribution in [0.25, 0.3) is 0 Å². The minimum Gasteiger partial charge on any atom is -0.354 e. The molecule has 0 radical (unpaired) electrons. The summed E-state index contributed by atoms with van der Waals surface area (Å²) in [5, 5.41) is 2.62. The normalized spacial score (nSPS) is 11.4. The molecule has 1 aromatic rings. The second-order valence-corrected chi connectivity index (χ2v) is 5.08. The molecule has 1 aromatic heterocycles. The Morgan fingerprint density at radius 1 is 1.38 bits per heavy atom. The van der Waals surface area contributed by atoms with Crippen molar-refractivity contribution in [3.63, 3.8) is 0 Å². The number of hydrogen-bond acceptors (Lipinski definition) is 2. The van der Waals surface area contributed by atoms with Crippen molar-refractivity contribution < 1.29 is 4.79 Å². The number of nitrogens with one attached hydrogen (secondary N) is 1. The zero-order valence-corrected chi connectivity index (χ0v) is 9.29. The Bertz CT molecular complexity index is 309. The molecule has 3 heteroatoms. The van der Waals surface area contributed by atoms with Gasteiger partial charge in [-0.2, -0.15) is 0 Å². The second-order valence-electron chi connectivity index (χ2n) is 3.99. The molecule has 1 amide bonds. The maximum atomic E-state index is 11.3. The van der Waals surface area contributed by atoms with Crippen molar-refractivity contribution in [1.29, 1.82) is 0 Å². The lowest BCUT2D eigenvalue weighted by Crippen LogP contribution is -2.16. The molecule has 0 unspecified atom stereocenters. The van der Waals surface area contributed by atoms with Gasteiger partial charge in [-0.3, -0.25) is 4.79 Å². The summed E-state index contributed by atoms with van der Waals surface area (Å²) in [6.07, 6.45) is 0. The first-order valence-corrected chi connectivity index (χ1v) is 5.09. The van der Waals surface area contributed by atoms with Crippen LogP contribution in [0.2, 0.25) is 0 Å². The molecular formula is C10H15NOS. The number of amides is 1. The first-order chi connectivity index (χ1) is 5.95. The molecule has 0 aliphatic rings. The summed E-state index contributed by atoms with van der Waals surface area (Å²) in [5.74, 6) is 0.000463. The average Bonchev–Trinajstić information content (AvgIpc) is 2.50. The summed E-state index contributed by atoms with van der Waals surface area (Å²) < 4.78 is 0. The van der Waals surface area contributed by atoms with E-state index in [0.717, 1.165) is 4.88 Å². The number of rotatable bonds is 1. The van der Waals surface area contributed by atoms with Gasteiger partial charge in [0.25, 0.3) is 5.91 Å². The largest absolute Gasteiger partial charge is 0.354 e. The third-order valence-electron chi connectivity index (χ3n) is 1.80. The summed E-state index contributed by atoms with van der Waals surface area (Å²) >= 11 is 1.56. The zero-order valence-electron chi connectivity index (χ0n) is 8.47. The Morgan fingerprint density at radius 2 is 2.00 bits per heavy atom. The molecule has 0 saturated carbocycles. The molecule has 1 heterocycles. The maximum absolute atomic E-state index is 11.3. The van der Waals surface area contributed by atoms with Crippen LogP contribution in [0.5, 0.6) is 0 Å². The molecule has 0 atom stereocenters. The second kappa shape index (κ2) is 3.50. The van der Waals surface area contributed by atoms with Crippen molar-refractivity contribution in [2.24, 2.45) is 0 Å². The molecular weight excluding hydrogens is 182 g/mol. The van der Waals surface area contributed by atoms with Gasteiger partial charge in [-0.25, -0.2) is 0 Å². The Morgan fingerprint density at radius 3 is 2.38 bits per heavy atom. The summed E-state index contributed by atoms with van der Waals surface area (Å²) in [7, 11) is 1.65. The fourth-order valence-electron chi connectivity index (χ4n) is 0.986. The van der Waals surface area contributed by atoms with E-state index in [2.05, 4.69) is 26.1 Å². The SMILES string of the molecule is CNC(=O)c1ccc(C(C)(C)C)s1. The van der Waals surface area contributed by atoms with E-state index in [0.29, 0.717) is 0 Å². The van der Waals surface area contributed by atoms with Gasteiger partial charge in [0.05, 0.1) is 4.88 Å². The van der Waals surface area contributed by atoms with Gasteiger partial charge in [0.2, 0.25) is 0 Å². The Kier molecular flexibility index (Phi) is 2.76. The highest BCUT2D eigenvalue weighted by atomic mass is 32.1. The third-order valence-corrected chi connectivity index (χ3v) is 3.31. The standard InChI is InChI=1S/C10H15NOS/c1-10(2,3)8-6-5-7(13-8)9(12)11-4/h5-6H,1-4H3,(H,11,12). The molecule has 13 heavy (non-hydrogen) atoms. The maximum Gasteiger partial charge on any atom is 0.261 e. The van der Waals surface area contributed by atoms with E-state index < -0.39 is 0 Å². The van der Waals surface area contributed by atoms with Gasteiger partial charge in [-0.15, -0.1) is 11.3 Å². The summed E-state index contributed by atoms with van der Waals surface area (Å²) in [4.78, 5) is 13.3. The molecule has 2 nitrogen and oxygen atoms in total. The van der Waals surface area contributed by atoms with E-state index in [9.17, 15) is 4.79 Å². The van der Waals surface area contributed by atoms with Crippen LogP contribution < -0.4 is 5.32 Å². The Hall–Kier alpha value is -0.830. The van der Waals surface area contributed by atoms with Gasteiger partial charge >= 0.3 is 0 Å². The first-order valence-electron chi connectivity index (χ1n) is 4.27. The quantitative estimate of drug-likeness (QED) is 0.736. The number of carbonyl (C=O) groups is 1. The number of carbonyl (C=O) groups excluding carboxylic acids is 1. The molecule has 0 saturated heterocycles. The van der Waals surface area contributed by atoms with E-state index in [-0.39, 0.29) is 11.3 Å². The average molecular weight is 197 g/mol. The van der Waals surface area contributed by atoms with E-state index in [4.69, 9.17) is 0 Å². The molecule has 0 aliphatic heterocycles. The van der Waals surface area contributed by atoms with Crippen LogP contribution >= 0.6 is 11.3 Å². The lowest BCUT2D eigenvalue weighted by molar-refractivity contribution is 0.0967. The van der Waals surface area contributed by atoms with Crippen molar-refractivity contribution in [2.75, 3.05) is 7.05 Å². The van der Waals surface area contributed by atoms with Crippen LogP contribution in [0.4, 0.5) is 0 Å². The highest BCUT2D eigenvalue weighted by Gasteiger charge is 2.17. The molecule has 0 spiro atoms. The van der Waals surface area contributed by atoms with Gasteiger partial charge in [0, 0.05) is 11.9 Å². The van der Waals surface area contributed by atoms with Gasteiger partial charge in [0.15, 0.2) is 0 Å². The van der Waals surface area contributed by atoms with Crippen LogP contribution in [0.1, 0.15) is 35.3 Å². The minimum atomic E-state index is 0.000463. The number of hydrogen-bond donors (Lipinski definition) is 1. The van der Waals surface area contributed by atoms with Crippen LogP contribution in [0.15, 0.2) is 12.1 Å². The fraction of sp³-hybridized carbons (Fsp3) is 0.500. The molecule has 1 N–H and O–H groups in total. The van der Waals surface area contributed by atoms with Gasteiger partial charge in [-0.1, -0.05) is 20.8 Å². The van der Waals surface area contributed by atoms with E-state index in [1.807, 2.05) is 12.1 Å². The third kappa shape index (κ3) is 2.31. The van der Waals surface area contributed by atoms with Crippen LogP contribution in [0.3, 0.4) is 0 Å². The van der Waals surface area contributed by atoms with Gasteiger partial charge < -0.3 is 5.32 Å². The smallest absolute Gasteiger partial charge is 0.261 e. The Balaban J connectivity index is 2.93. The van der Waals surface area contributed by atoms with Crippen LogP contribution in [0, 0.1) is 0 Å². The van der Waals surface area contributed by atoms with Crippen molar-refractivity contribution >= 4 is 17.2 Å². The van der Waals surface area contributed by atoms with Gasteiger partial charge in [0.1, 0.15) is 0 Å². The van der Waals surface area contributed by atoms with Gasteiger partial charge in [-0.05, 0) is 17.5 Å². The topological polar surface area (TPSA) is 29.1 Å². The lowest BCUT2D eigenvalue weighted by Gasteiger charge is -2.15. The van der Waals surface area contributed by atoms with E-state index >= 15 is 0 Å². The van der Waals surface area contributed by atoms with Crippen molar-refractivity contribution in [3.8, 4) is 0 Å². The number of thiophene rings is 1. The van der Waals surface area contributed by atoms with E-state index in [1.54, 1.807) is 18.4 Å². The van der Waals surface area contributed by atoms with Crippen LogP contribution in [-0.4, -0.2) is 13.0 Å². The van der Waals surface area contributed by atoms with Crippen molar-refractivity contribution in [3.05, 3.63) is 21.9 Å². The minimum absolute atomic E-state index is 0.000463. The molecule has 0 bridgehead atoms. The predicted molar refractivity (Wildman–Crippen MR) is 56.4 cm³/mol. The highest BCUT2D eigenvalue weighted by molar-refractivity contribution is 7.14. The first kappa shape index (κ1) is 10.3. The summed E-state index contributed by atoms with van der Waals surface area (Å²) in [5.41, 5.74) is 0.136.